The van der Waals surface area contributed by atoms with Crippen molar-refractivity contribution in [1.29, 1.82) is 0 Å². The lowest BCUT2D eigenvalue weighted by Crippen LogP contribution is -2.37. The van der Waals surface area contributed by atoms with E-state index in [1.807, 2.05) is 13.8 Å². The molecule has 0 radical (unpaired) electrons. The Kier molecular flexibility index (Phi) is 8.46. The molecular formula is C17H24FN3O3. The summed E-state index contributed by atoms with van der Waals surface area (Å²) in [5.74, 6) is -1.31. The van der Waals surface area contributed by atoms with Crippen molar-refractivity contribution < 1.29 is 18.8 Å². The van der Waals surface area contributed by atoms with E-state index in [9.17, 15) is 18.8 Å². The third-order valence-electron chi connectivity index (χ3n) is 3.50. The highest BCUT2D eigenvalue weighted by Crippen LogP contribution is 2.02. The fourth-order valence-corrected chi connectivity index (χ4v) is 2.16. The van der Waals surface area contributed by atoms with Crippen LogP contribution in [0.4, 0.5) is 4.39 Å². The largest absolute Gasteiger partial charge is 0.355 e. The number of benzene rings is 1. The summed E-state index contributed by atoms with van der Waals surface area (Å²) in [5.41, 5.74) is 0.160. The lowest BCUT2D eigenvalue weighted by Gasteiger charge is -2.18. The lowest BCUT2D eigenvalue weighted by atomic mass is 10.2. The maximum absolute atomic E-state index is 13.0. The molecule has 24 heavy (non-hydrogen) atoms. The zero-order valence-corrected chi connectivity index (χ0v) is 14.1. The van der Waals surface area contributed by atoms with E-state index in [0.29, 0.717) is 32.5 Å². The van der Waals surface area contributed by atoms with Gasteiger partial charge in [-0.15, -0.1) is 0 Å². The topological polar surface area (TPSA) is 78.5 Å². The molecule has 0 saturated carbocycles. The highest BCUT2D eigenvalue weighted by molar-refractivity contribution is 5.96. The standard InChI is InChI=1S/C17H24FN3O3/c1-3-21(4-2)16(23)9-6-10-19-15(22)12-20-17(24)13-7-5-8-14(18)11-13/h5,7-8,11H,3-4,6,9-10,12H2,1-2H3,(H,19,22)(H,20,24). The maximum Gasteiger partial charge on any atom is 0.251 e. The number of amides is 3. The number of hydrogen-bond acceptors (Lipinski definition) is 3. The molecule has 1 aromatic carbocycles. The summed E-state index contributed by atoms with van der Waals surface area (Å²) in [4.78, 5) is 36.9. The van der Waals surface area contributed by atoms with Crippen molar-refractivity contribution in [3.63, 3.8) is 0 Å². The molecule has 2 N–H and O–H groups in total. The van der Waals surface area contributed by atoms with Gasteiger partial charge in [0.25, 0.3) is 5.91 Å². The second-order valence-corrected chi connectivity index (χ2v) is 5.21. The van der Waals surface area contributed by atoms with Crippen LogP contribution in [0.5, 0.6) is 0 Å². The second-order valence-electron chi connectivity index (χ2n) is 5.21. The van der Waals surface area contributed by atoms with Gasteiger partial charge in [-0.3, -0.25) is 14.4 Å². The first-order valence-electron chi connectivity index (χ1n) is 8.06. The molecule has 0 aromatic heterocycles. The number of nitrogens with zero attached hydrogens (tertiary/aromatic N) is 1. The minimum atomic E-state index is -0.513. The van der Waals surface area contributed by atoms with Crippen molar-refractivity contribution in [2.24, 2.45) is 0 Å². The van der Waals surface area contributed by atoms with Crippen molar-refractivity contribution >= 4 is 17.7 Å². The van der Waals surface area contributed by atoms with Gasteiger partial charge in [-0.1, -0.05) is 6.07 Å². The summed E-state index contributed by atoms with van der Waals surface area (Å²) in [6.07, 6.45) is 0.913. The van der Waals surface area contributed by atoms with Crippen LogP contribution in [-0.4, -0.2) is 48.8 Å². The van der Waals surface area contributed by atoms with Crippen LogP contribution in [0.25, 0.3) is 0 Å². The molecule has 1 rings (SSSR count). The van der Waals surface area contributed by atoms with E-state index in [1.165, 1.54) is 18.2 Å². The van der Waals surface area contributed by atoms with Crippen LogP contribution in [0, 0.1) is 5.82 Å². The van der Waals surface area contributed by atoms with E-state index in [4.69, 9.17) is 0 Å². The van der Waals surface area contributed by atoms with Gasteiger partial charge in [-0.25, -0.2) is 4.39 Å². The Hall–Kier alpha value is -2.44. The normalized spacial score (nSPS) is 10.1. The molecule has 0 fully saturated rings. The van der Waals surface area contributed by atoms with E-state index in [1.54, 1.807) is 4.90 Å². The molecule has 132 valence electrons. The highest BCUT2D eigenvalue weighted by Gasteiger charge is 2.10. The number of nitrogens with one attached hydrogen (secondary N) is 2. The first-order valence-corrected chi connectivity index (χ1v) is 8.06. The molecule has 6 nitrogen and oxygen atoms in total. The number of rotatable bonds is 9. The van der Waals surface area contributed by atoms with Crippen molar-refractivity contribution in [2.75, 3.05) is 26.2 Å². The SMILES string of the molecule is CCN(CC)C(=O)CCCNC(=O)CNC(=O)c1cccc(F)c1. The Morgan fingerprint density at radius 1 is 1.12 bits per heavy atom. The van der Waals surface area contributed by atoms with Gasteiger partial charge in [-0.2, -0.15) is 0 Å². The van der Waals surface area contributed by atoms with Gasteiger partial charge in [-0.05, 0) is 38.5 Å². The zero-order chi connectivity index (χ0) is 17.9. The van der Waals surface area contributed by atoms with E-state index >= 15 is 0 Å². The first kappa shape index (κ1) is 19.6. The lowest BCUT2D eigenvalue weighted by molar-refractivity contribution is -0.131. The summed E-state index contributed by atoms with van der Waals surface area (Å²) in [6.45, 7) is 5.36. The molecule has 0 atom stereocenters. The van der Waals surface area contributed by atoms with Crippen LogP contribution in [0.3, 0.4) is 0 Å². The van der Waals surface area contributed by atoms with E-state index in [2.05, 4.69) is 10.6 Å². The number of carbonyl (C=O) groups is 3. The summed E-state index contributed by atoms with van der Waals surface area (Å²) in [7, 11) is 0. The molecule has 3 amide bonds. The number of halogens is 1. The van der Waals surface area contributed by atoms with Crippen molar-refractivity contribution in [3.8, 4) is 0 Å². The van der Waals surface area contributed by atoms with Crippen LogP contribution in [-0.2, 0) is 9.59 Å². The Balaban J connectivity index is 2.23. The predicted octanol–water partition coefficient (Wildman–Crippen LogP) is 1.32. The third kappa shape index (κ3) is 6.76. The van der Waals surface area contributed by atoms with Crippen LogP contribution in [0.1, 0.15) is 37.0 Å². The van der Waals surface area contributed by atoms with Crippen LogP contribution < -0.4 is 10.6 Å². The molecule has 0 heterocycles. The fourth-order valence-electron chi connectivity index (χ4n) is 2.16. The summed E-state index contributed by atoms with van der Waals surface area (Å²) in [6, 6.07) is 5.24. The predicted molar refractivity (Wildman–Crippen MR) is 88.9 cm³/mol. The molecule has 0 saturated heterocycles. The fraction of sp³-hybridized carbons (Fsp3) is 0.471. The minimum absolute atomic E-state index is 0.0636. The molecule has 0 bridgehead atoms. The quantitative estimate of drug-likeness (QED) is 0.667. The Bertz CT molecular complexity index is 574. The Labute approximate surface area is 141 Å². The molecule has 0 aliphatic rings. The van der Waals surface area contributed by atoms with E-state index < -0.39 is 11.7 Å². The maximum atomic E-state index is 13.0. The van der Waals surface area contributed by atoms with Gasteiger partial charge in [0.2, 0.25) is 11.8 Å². The average molecular weight is 337 g/mol. The molecule has 0 aliphatic heterocycles. The molecule has 0 spiro atoms. The van der Waals surface area contributed by atoms with Gasteiger partial charge in [0.1, 0.15) is 5.82 Å². The molecule has 0 aliphatic carbocycles. The molecule has 0 unspecified atom stereocenters. The van der Waals surface area contributed by atoms with Gasteiger partial charge < -0.3 is 15.5 Å². The average Bonchev–Trinajstić information content (AvgIpc) is 2.57. The number of carbonyl (C=O) groups excluding carboxylic acids is 3. The van der Waals surface area contributed by atoms with Crippen molar-refractivity contribution in [2.45, 2.75) is 26.7 Å². The van der Waals surface area contributed by atoms with Crippen LogP contribution >= 0.6 is 0 Å². The van der Waals surface area contributed by atoms with Gasteiger partial charge in [0.05, 0.1) is 6.54 Å². The molecule has 7 heteroatoms. The smallest absolute Gasteiger partial charge is 0.251 e. The summed E-state index contributed by atoms with van der Waals surface area (Å²) >= 11 is 0. The van der Waals surface area contributed by atoms with Gasteiger partial charge >= 0.3 is 0 Å². The van der Waals surface area contributed by atoms with E-state index in [0.717, 1.165) is 6.07 Å². The summed E-state index contributed by atoms with van der Waals surface area (Å²) in [5, 5.41) is 5.05. The third-order valence-corrected chi connectivity index (χ3v) is 3.50. The van der Waals surface area contributed by atoms with Crippen LogP contribution in [0.15, 0.2) is 24.3 Å². The van der Waals surface area contributed by atoms with E-state index in [-0.39, 0.29) is 23.9 Å². The Morgan fingerprint density at radius 2 is 1.83 bits per heavy atom. The van der Waals surface area contributed by atoms with Gasteiger partial charge in [0.15, 0.2) is 0 Å². The molecule has 1 aromatic rings. The number of hydrogen-bond donors (Lipinski definition) is 2. The Morgan fingerprint density at radius 3 is 2.46 bits per heavy atom. The minimum Gasteiger partial charge on any atom is -0.355 e. The van der Waals surface area contributed by atoms with Crippen molar-refractivity contribution in [1.82, 2.24) is 15.5 Å². The highest BCUT2D eigenvalue weighted by atomic mass is 19.1. The first-order chi connectivity index (χ1) is 11.5. The van der Waals surface area contributed by atoms with Crippen molar-refractivity contribution in [3.05, 3.63) is 35.6 Å². The van der Waals surface area contributed by atoms with Gasteiger partial charge in [0, 0.05) is 31.6 Å². The van der Waals surface area contributed by atoms with Crippen LogP contribution in [0.2, 0.25) is 0 Å². The monoisotopic (exact) mass is 337 g/mol. The zero-order valence-electron chi connectivity index (χ0n) is 14.1. The molecular weight excluding hydrogens is 313 g/mol. The summed E-state index contributed by atoms with van der Waals surface area (Å²) < 4.78 is 13.0. The second kappa shape index (κ2) is 10.4.